The van der Waals surface area contributed by atoms with E-state index in [4.69, 9.17) is 18.9 Å². The minimum Gasteiger partial charge on any atom is -0.484 e. The first-order valence-corrected chi connectivity index (χ1v) is 5.66. The Labute approximate surface area is 105 Å². The molecule has 0 fully saturated rings. The average Bonchev–Trinajstić information content (AvgIpc) is 2.84. The topological polar surface area (TPSA) is 66.0 Å². The van der Waals surface area contributed by atoms with E-state index in [2.05, 4.69) is 5.32 Å². The zero-order valence-electron chi connectivity index (χ0n) is 10.1. The van der Waals surface area contributed by atoms with Crippen molar-refractivity contribution in [3.63, 3.8) is 0 Å². The molecule has 2 rings (SSSR count). The maximum Gasteiger partial charge on any atom is 0.259 e. The fraction of sp³-hybridized carbons (Fsp3) is 0.417. The number of benzene rings is 1. The lowest BCUT2D eigenvalue weighted by Crippen LogP contribution is -2.30. The molecule has 18 heavy (non-hydrogen) atoms. The number of ether oxygens (including phenoxy) is 4. The predicted molar refractivity (Wildman–Crippen MR) is 62.7 cm³/mol. The lowest BCUT2D eigenvalue weighted by molar-refractivity contribution is -0.124. The van der Waals surface area contributed by atoms with Gasteiger partial charge in [0.1, 0.15) is 12.5 Å². The van der Waals surface area contributed by atoms with E-state index in [0.717, 1.165) is 0 Å². The van der Waals surface area contributed by atoms with Gasteiger partial charge in [0.25, 0.3) is 5.91 Å². The Morgan fingerprint density at radius 1 is 1.39 bits per heavy atom. The van der Waals surface area contributed by atoms with Crippen LogP contribution in [0.3, 0.4) is 0 Å². The van der Waals surface area contributed by atoms with Gasteiger partial charge in [-0.05, 0) is 19.1 Å². The smallest absolute Gasteiger partial charge is 0.259 e. The molecule has 0 unspecified atom stereocenters. The summed E-state index contributed by atoms with van der Waals surface area (Å²) in [4.78, 5) is 11.4. The number of hydrogen-bond acceptors (Lipinski definition) is 5. The highest BCUT2D eigenvalue weighted by molar-refractivity contribution is 5.77. The van der Waals surface area contributed by atoms with Crippen molar-refractivity contribution in [2.24, 2.45) is 0 Å². The number of rotatable bonds is 6. The summed E-state index contributed by atoms with van der Waals surface area (Å²) >= 11 is 0. The van der Waals surface area contributed by atoms with E-state index in [1.807, 2.05) is 6.92 Å². The second-order valence-electron chi connectivity index (χ2n) is 3.54. The van der Waals surface area contributed by atoms with Crippen molar-refractivity contribution in [3.8, 4) is 17.2 Å². The lowest BCUT2D eigenvalue weighted by Gasteiger charge is -2.07. The molecule has 1 aliphatic heterocycles. The SMILES string of the molecule is CCOCNC(=O)COc1ccc2c(c1)OCO2. The number of carbonyl (C=O) groups excluding carboxylic acids is 1. The van der Waals surface area contributed by atoms with Crippen LogP contribution in [0.5, 0.6) is 17.2 Å². The molecule has 0 bridgehead atoms. The first kappa shape index (κ1) is 12.5. The van der Waals surface area contributed by atoms with Gasteiger partial charge in [-0.3, -0.25) is 4.79 Å². The van der Waals surface area contributed by atoms with Crippen LogP contribution < -0.4 is 19.5 Å². The Morgan fingerprint density at radius 3 is 3.06 bits per heavy atom. The van der Waals surface area contributed by atoms with E-state index in [9.17, 15) is 4.79 Å². The quantitative estimate of drug-likeness (QED) is 0.603. The lowest BCUT2D eigenvalue weighted by atomic mass is 10.3. The second kappa shape index (κ2) is 6.11. The Kier molecular flexibility index (Phi) is 4.25. The minimum absolute atomic E-state index is 0.0628. The van der Waals surface area contributed by atoms with Gasteiger partial charge in [-0.2, -0.15) is 0 Å². The monoisotopic (exact) mass is 253 g/mol. The van der Waals surface area contributed by atoms with Crippen molar-refractivity contribution in [2.45, 2.75) is 6.92 Å². The van der Waals surface area contributed by atoms with E-state index in [1.54, 1.807) is 18.2 Å². The molecular formula is C12H15NO5. The minimum atomic E-state index is -0.235. The zero-order valence-corrected chi connectivity index (χ0v) is 10.1. The van der Waals surface area contributed by atoms with Gasteiger partial charge in [0.05, 0.1) is 0 Å². The van der Waals surface area contributed by atoms with Crippen LogP contribution in [-0.4, -0.2) is 32.6 Å². The molecule has 0 aliphatic carbocycles. The number of fused-ring (bicyclic) bond motifs is 1. The molecule has 1 aromatic carbocycles. The Morgan fingerprint density at radius 2 is 2.22 bits per heavy atom. The molecule has 0 saturated heterocycles. The summed E-state index contributed by atoms with van der Waals surface area (Å²) in [6, 6.07) is 5.16. The molecule has 1 heterocycles. The number of amides is 1. The molecule has 6 heteroatoms. The molecule has 1 aromatic rings. The molecule has 0 spiro atoms. The van der Waals surface area contributed by atoms with Gasteiger partial charge in [-0.1, -0.05) is 0 Å². The van der Waals surface area contributed by atoms with Gasteiger partial charge in [0, 0.05) is 12.7 Å². The van der Waals surface area contributed by atoms with Crippen LogP contribution in [0.2, 0.25) is 0 Å². The van der Waals surface area contributed by atoms with Crippen molar-refractivity contribution < 1.29 is 23.7 Å². The van der Waals surface area contributed by atoms with Crippen molar-refractivity contribution in [3.05, 3.63) is 18.2 Å². The molecule has 1 amide bonds. The molecule has 0 aromatic heterocycles. The second-order valence-corrected chi connectivity index (χ2v) is 3.54. The van der Waals surface area contributed by atoms with Crippen LogP contribution in [0, 0.1) is 0 Å². The highest BCUT2D eigenvalue weighted by Crippen LogP contribution is 2.34. The predicted octanol–water partition coefficient (Wildman–Crippen LogP) is 0.904. The van der Waals surface area contributed by atoms with Crippen LogP contribution in [0.15, 0.2) is 18.2 Å². The number of hydrogen-bond donors (Lipinski definition) is 1. The van der Waals surface area contributed by atoms with Crippen molar-refractivity contribution in [1.29, 1.82) is 0 Å². The van der Waals surface area contributed by atoms with Crippen molar-refractivity contribution in [1.82, 2.24) is 5.32 Å². The zero-order chi connectivity index (χ0) is 12.8. The Bertz CT molecular complexity index is 421. The Hall–Kier alpha value is -1.95. The van der Waals surface area contributed by atoms with Gasteiger partial charge in [-0.15, -0.1) is 0 Å². The summed E-state index contributed by atoms with van der Waals surface area (Å²) in [5, 5.41) is 2.56. The fourth-order valence-electron chi connectivity index (χ4n) is 1.40. The van der Waals surface area contributed by atoms with Crippen LogP contribution in [0.4, 0.5) is 0 Å². The highest BCUT2D eigenvalue weighted by Gasteiger charge is 2.14. The highest BCUT2D eigenvalue weighted by atomic mass is 16.7. The molecule has 0 radical (unpaired) electrons. The summed E-state index contributed by atoms with van der Waals surface area (Å²) in [7, 11) is 0. The number of nitrogens with one attached hydrogen (secondary N) is 1. The van der Waals surface area contributed by atoms with E-state index >= 15 is 0 Å². The molecule has 0 saturated carbocycles. The summed E-state index contributed by atoms with van der Waals surface area (Å²) < 4.78 is 20.7. The first-order chi connectivity index (χ1) is 8.79. The van der Waals surface area contributed by atoms with Crippen LogP contribution in [-0.2, 0) is 9.53 Å². The standard InChI is InChI=1S/C12H15NO5/c1-2-15-7-13-12(14)6-16-9-3-4-10-11(5-9)18-8-17-10/h3-5H,2,6-8H2,1H3,(H,13,14). The normalized spacial score (nSPS) is 12.3. The van der Waals surface area contributed by atoms with E-state index < -0.39 is 0 Å². The first-order valence-electron chi connectivity index (χ1n) is 5.66. The fourth-order valence-corrected chi connectivity index (χ4v) is 1.40. The molecule has 1 N–H and O–H groups in total. The van der Waals surface area contributed by atoms with Crippen molar-refractivity contribution in [2.75, 3.05) is 26.7 Å². The van der Waals surface area contributed by atoms with E-state index in [-0.39, 0.29) is 26.0 Å². The summed E-state index contributed by atoms with van der Waals surface area (Å²) in [6.07, 6.45) is 0. The average molecular weight is 253 g/mol. The van der Waals surface area contributed by atoms with E-state index in [1.165, 1.54) is 0 Å². The van der Waals surface area contributed by atoms with Crippen LogP contribution in [0.1, 0.15) is 6.92 Å². The Balaban J connectivity index is 1.78. The summed E-state index contributed by atoms with van der Waals surface area (Å²) in [5.41, 5.74) is 0. The van der Waals surface area contributed by atoms with Crippen molar-refractivity contribution >= 4 is 5.91 Å². The summed E-state index contributed by atoms with van der Waals surface area (Å²) in [5.74, 6) is 1.64. The molecule has 98 valence electrons. The molecule has 0 atom stereocenters. The third kappa shape index (κ3) is 3.27. The number of carbonyl (C=O) groups is 1. The molecule has 6 nitrogen and oxygen atoms in total. The van der Waals surface area contributed by atoms with Crippen LogP contribution >= 0.6 is 0 Å². The van der Waals surface area contributed by atoms with Crippen LogP contribution in [0.25, 0.3) is 0 Å². The third-order valence-electron chi connectivity index (χ3n) is 2.29. The maximum atomic E-state index is 11.4. The third-order valence-corrected chi connectivity index (χ3v) is 2.29. The largest absolute Gasteiger partial charge is 0.484 e. The van der Waals surface area contributed by atoms with Gasteiger partial charge >= 0.3 is 0 Å². The van der Waals surface area contributed by atoms with Gasteiger partial charge in [0.2, 0.25) is 6.79 Å². The van der Waals surface area contributed by atoms with Gasteiger partial charge in [0.15, 0.2) is 18.1 Å². The van der Waals surface area contributed by atoms with Gasteiger partial charge < -0.3 is 24.3 Å². The molecule has 1 aliphatic rings. The summed E-state index contributed by atoms with van der Waals surface area (Å²) in [6.45, 7) is 2.76. The maximum absolute atomic E-state index is 11.4. The van der Waals surface area contributed by atoms with E-state index in [0.29, 0.717) is 23.9 Å². The van der Waals surface area contributed by atoms with Gasteiger partial charge in [-0.25, -0.2) is 0 Å². The molecular weight excluding hydrogens is 238 g/mol.